The van der Waals surface area contributed by atoms with Crippen LogP contribution in [0.2, 0.25) is 0 Å². The number of benzene rings is 2. The summed E-state index contributed by atoms with van der Waals surface area (Å²) in [6.45, 7) is 0. The fraction of sp³-hybridized carbons (Fsp3) is 0.250. The molecule has 0 heterocycles. The summed E-state index contributed by atoms with van der Waals surface area (Å²) >= 11 is 0. The molecule has 0 atom stereocenters. The van der Waals surface area contributed by atoms with Crippen LogP contribution in [0.4, 0.5) is 0 Å². The van der Waals surface area contributed by atoms with E-state index >= 15 is 0 Å². The average Bonchev–Trinajstić information content (AvgIpc) is 2.59. The maximum Gasteiger partial charge on any atom is 0.123 e. The van der Waals surface area contributed by atoms with Gasteiger partial charge in [-0.15, -0.1) is 0 Å². The van der Waals surface area contributed by atoms with Crippen molar-refractivity contribution in [2.45, 2.75) is 9.79 Å². The van der Waals surface area contributed by atoms with Crippen molar-refractivity contribution in [1.82, 2.24) is 0 Å². The summed E-state index contributed by atoms with van der Waals surface area (Å²) in [6, 6.07) is 10.3. The predicted molar refractivity (Wildman–Crippen MR) is 83.8 cm³/mol. The Balaban J connectivity index is 2.47. The molecule has 6 heteroatoms. The Hall–Kier alpha value is -2.21. The highest BCUT2D eigenvalue weighted by Gasteiger charge is 2.13. The maximum absolute atomic E-state index is 12.8. The summed E-state index contributed by atoms with van der Waals surface area (Å²) < 4.78 is 33.6. The summed E-state index contributed by atoms with van der Waals surface area (Å²) in [4.78, 5) is 1.15. The zero-order valence-corrected chi connectivity index (χ0v) is 13.7. The zero-order chi connectivity index (χ0) is 16.1. The Morgan fingerprint density at radius 3 is 1.09 bits per heavy atom. The molecule has 0 spiro atoms. The molecule has 0 aliphatic rings. The monoisotopic (exact) mass is 322 g/mol. The van der Waals surface area contributed by atoms with Crippen LogP contribution in [-0.2, 0) is 10.8 Å². The van der Waals surface area contributed by atoms with E-state index in [1.807, 2.05) is 0 Å². The van der Waals surface area contributed by atoms with Crippen LogP contribution in [-0.4, -0.2) is 32.6 Å². The van der Waals surface area contributed by atoms with Crippen LogP contribution in [0.5, 0.6) is 23.0 Å². The normalized spacial score (nSPS) is 10.4. The molecule has 2 aromatic carbocycles. The first-order chi connectivity index (χ1) is 10.6. The molecular formula is C16H18O5S. The van der Waals surface area contributed by atoms with Crippen molar-refractivity contribution in [1.29, 1.82) is 0 Å². The summed E-state index contributed by atoms with van der Waals surface area (Å²) in [6.07, 6.45) is 0. The topological polar surface area (TPSA) is 54.0 Å². The van der Waals surface area contributed by atoms with Crippen molar-refractivity contribution < 1.29 is 23.2 Å². The molecular weight excluding hydrogens is 304 g/mol. The Morgan fingerprint density at radius 1 is 0.591 bits per heavy atom. The van der Waals surface area contributed by atoms with Crippen LogP contribution in [0.15, 0.2) is 46.2 Å². The van der Waals surface area contributed by atoms with Crippen LogP contribution in [0.3, 0.4) is 0 Å². The van der Waals surface area contributed by atoms with E-state index in [2.05, 4.69) is 0 Å². The summed E-state index contributed by atoms with van der Waals surface area (Å²) in [5.41, 5.74) is 0. The number of ether oxygens (including phenoxy) is 4. The molecule has 0 saturated carbocycles. The highest BCUT2D eigenvalue weighted by Crippen LogP contribution is 2.30. The molecule has 0 aromatic heterocycles. The molecule has 2 aromatic rings. The first-order valence-corrected chi connectivity index (χ1v) is 7.64. The Bertz CT molecular complexity index is 582. The highest BCUT2D eigenvalue weighted by molar-refractivity contribution is 7.85. The third-order valence-corrected chi connectivity index (χ3v) is 4.41. The molecule has 0 aliphatic heterocycles. The predicted octanol–water partition coefficient (Wildman–Crippen LogP) is 2.89. The lowest BCUT2D eigenvalue weighted by atomic mass is 10.3. The lowest BCUT2D eigenvalue weighted by Crippen LogP contribution is -1.97. The minimum atomic E-state index is -1.41. The van der Waals surface area contributed by atoms with Gasteiger partial charge in [-0.3, -0.25) is 0 Å². The first kappa shape index (κ1) is 16.2. The third kappa shape index (κ3) is 3.51. The molecule has 0 unspecified atom stereocenters. The van der Waals surface area contributed by atoms with E-state index < -0.39 is 10.8 Å². The van der Waals surface area contributed by atoms with Gasteiger partial charge in [-0.25, -0.2) is 4.21 Å². The molecule has 2 rings (SSSR count). The quantitative estimate of drug-likeness (QED) is 0.818. The average molecular weight is 322 g/mol. The van der Waals surface area contributed by atoms with Gasteiger partial charge >= 0.3 is 0 Å². The van der Waals surface area contributed by atoms with Crippen molar-refractivity contribution in [3.63, 3.8) is 0 Å². The standard InChI is InChI=1S/C16H18O5S/c1-18-11-5-12(19-2)8-15(7-11)22(17)16-9-13(20-3)6-14(10-16)21-4/h5-10H,1-4H3. The fourth-order valence-electron chi connectivity index (χ4n) is 1.91. The summed E-state index contributed by atoms with van der Waals surface area (Å²) in [5, 5.41) is 0. The second-order valence-corrected chi connectivity index (χ2v) is 5.85. The third-order valence-electron chi connectivity index (χ3n) is 3.08. The van der Waals surface area contributed by atoms with Gasteiger partial charge in [0.05, 0.1) is 49.0 Å². The van der Waals surface area contributed by atoms with Gasteiger partial charge in [0.1, 0.15) is 23.0 Å². The van der Waals surface area contributed by atoms with Gasteiger partial charge in [-0.1, -0.05) is 0 Å². The lowest BCUT2D eigenvalue weighted by Gasteiger charge is -2.10. The van der Waals surface area contributed by atoms with Gasteiger partial charge < -0.3 is 18.9 Å². The Morgan fingerprint density at radius 2 is 0.864 bits per heavy atom. The van der Waals surface area contributed by atoms with E-state index in [0.29, 0.717) is 32.8 Å². The minimum absolute atomic E-state index is 0.575. The van der Waals surface area contributed by atoms with Crippen LogP contribution >= 0.6 is 0 Å². The van der Waals surface area contributed by atoms with E-state index in [1.54, 1.807) is 64.8 Å². The largest absolute Gasteiger partial charge is 0.497 e. The van der Waals surface area contributed by atoms with E-state index in [1.165, 1.54) is 0 Å². The second kappa shape index (κ2) is 7.17. The van der Waals surface area contributed by atoms with Crippen molar-refractivity contribution in [2.75, 3.05) is 28.4 Å². The Labute approximate surface area is 132 Å². The van der Waals surface area contributed by atoms with E-state index in [9.17, 15) is 4.21 Å². The summed E-state index contributed by atoms with van der Waals surface area (Å²) in [5.74, 6) is 2.32. The minimum Gasteiger partial charge on any atom is -0.497 e. The fourth-order valence-corrected chi connectivity index (χ4v) is 3.08. The van der Waals surface area contributed by atoms with E-state index in [-0.39, 0.29) is 0 Å². The number of rotatable bonds is 6. The van der Waals surface area contributed by atoms with E-state index in [4.69, 9.17) is 18.9 Å². The number of hydrogen-bond acceptors (Lipinski definition) is 5. The van der Waals surface area contributed by atoms with Crippen LogP contribution in [0, 0.1) is 0 Å². The van der Waals surface area contributed by atoms with Crippen molar-refractivity contribution in [3.05, 3.63) is 36.4 Å². The van der Waals surface area contributed by atoms with Gasteiger partial charge in [0.25, 0.3) is 0 Å². The van der Waals surface area contributed by atoms with Crippen molar-refractivity contribution in [2.24, 2.45) is 0 Å². The van der Waals surface area contributed by atoms with Crippen LogP contribution in [0.25, 0.3) is 0 Å². The van der Waals surface area contributed by atoms with Crippen LogP contribution in [0.1, 0.15) is 0 Å². The molecule has 22 heavy (non-hydrogen) atoms. The van der Waals surface area contributed by atoms with Gasteiger partial charge in [0.2, 0.25) is 0 Å². The number of methoxy groups -OCH3 is 4. The van der Waals surface area contributed by atoms with Crippen molar-refractivity contribution in [3.8, 4) is 23.0 Å². The Kier molecular flexibility index (Phi) is 5.27. The molecule has 0 fully saturated rings. The molecule has 0 aliphatic carbocycles. The maximum atomic E-state index is 12.8. The van der Waals surface area contributed by atoms with Gasteiger partial charge in [0.15, 0.2) is 0 Å². The molecule has 118 valence electrons. The van der Waals surface area contributed by atoms with E-state index in [0.717, 1.165) is 0 Å². The molecule has 0 amide bonds. The highest BCUT2D eigenvalue weighted by atomic mass is 32.2. The van der Waals surface area contributed by atoms with Gasteiger partial charge in [-0.05, 0) is 24.3 Å². The first-order valence-electron chi connectivity index (χ1n) is 6.49. The smallest absolute Gasteiger partial charge is 0.123 e. The number of hydrogen-bond donors (Lipinski definition) is 0. The van der Waals surface area contributed by atoms with Gasteiger partial charge in [0, 0.05) is 12.1 Å². The second-order valence-electron chi connectivity index (χ2n) is 4.37. The molecule has 0 radical (unpaired) electrons. The van der Waals surface area contributed by atoms with Crippen molar-refractivity contribution >= 4 is 10.8 Å². The molecule has 0 bridgehead atoms. The zero-order valence-electron chi connectivity index (χ0n) is 12.9. The lowest BCUT2D eigenvalue weighted by molar-refractivity contribution is 0.392. The molecule has 0 saturated heterocycles. The summed E-state index contributed by atoms with van der Waals surface area (Å²) in [7, 11) is 4.79. The molecule has 5 nitrogen and oxygen atoms in total. The van der Waals surface area contributed by atoms with Gasteiger partial charge in [-0.2, -0.15) is 0 Å². The SMILES string of the molecule is COc1cc(OC)cc(S(=O)c2cc(OC)cc(OC)c2)c1. The molecule has 0 N–H and O–H groups in total. The van der Waals surface area contributed by atoms with Crippen LogP contribution < -0.4 is 18.9 Å².